The van der Waals surface area contributed by atoms with Gasteiger partial charge in [0.1, 0.15) is 0 Å². The van der Waals surface area contributed by atoms with E-state index in [0.717, 1.165) is 11.3 Å². The molecule has 1 heterocycles. The largest absolute Gasteiger partial charge is 2.00 e. The van der Waals surface area contributed by atoms with E-state index < -0.39 is 0 Å². The van der Waals surface area contributed by atoms with E-state index in [1.54, 1.807) is 0 Å². The number of benzene rings is 1. The van der Waals surface area contributed by atoms with Crippen LogP contribution in [-0.4, -0.2) is 6.04 Å². The van der Waals surface area contributed by atoms with Crippen molar-refractivity contribution in [1.82, 2.24) is 0 Å². The topological polar surface area (TPSA) is 14.1 Å². The van der Waals surface area contributed by atoms with Gasteiger partial charge in [0.25, 0.3) is 0 Å². The summed E-state index contributed by atoms with van der Waals surface area (Å²) < 4.78 is 0. The molecule has 13 heavy (non-hydrogen) atoms. The van der Waals surface area contributed by atoms with Gasteiger partial charge in [0.05, 0.1) is 0 Å². The van der Waals surface area contributed by atoms with Crippen LogP contribution in [-0.2, 0) is 19.5 Å². The first kappa shape index (κ1) is 10.3. The summed E-state index contributed by atoms with van der Waals surface area (Å²) in [6.45, 7) is 6.02. The zero-order valence-electron chi connectivity index (χ0n) is 7.47. The van der Waals surface area contributed by atoms with Gasteiger partial charge in [-0.2, -0.15) is 6.07 Å². The molecule has 1 aromatic carbocycles. The first-order valence-corrected chi connectivity index (χ1v) is 4.11. The van der Waals surface area contributed by atoms with Crippen LogP contribution in [0.3, 0.4) is 0 Å². The van der Waals surface area contributed by atoms with Crippen molar-refractivity contribution < 1.29 is 19.5 Å². The monoisotopic (exact) mass is 259 g/mol. The summed E-state index contributed by atoms with van der Waals surface area (Å²) in [5.41, 5.74) is 3.25. The molecular formula is C11H11NRu. The standard InChI is InChI=1S/C11H11N.Ru/c1-8-4-3-5-10-7-6-9(2)12-11(8)10;/h3-7,9H,1H2,2H3;/q-2;+2. The second-order valence-corrected chi connectivity index (χ2v) is 3.08. The smallest absolute Gasteiger partial charge is 0.736 e. The molecule has 0 aromatic heterocycles. The van der Waals surface area contributed by atoms with Crippen LogP contribution < -0.4 is 0 Å². The van der Waals surface area contributed by atoms with Crippen molar-refractivity contribution in [2.45, 2.75) is 13.0 Å². The fraction of sp³-hybridized carbons (Fsp3) is 0.182. The molecule has 0 N–H and O–H groups in total. The average molecular weight is 258 g/mol. The molecule has 0 spiro atoms. The Kier molecular flexibility index (Phi) is 3.16. The molecule has 0 fully saturated rings. The van der Waals surface area contributed by atoms with E-state index in [1.807, 2.05) is 12.1 Å². The van der Waals surface area contributed by atoms with Crippen molar-refractivity contribution >= 4 is 11.8 Å². The van der Waals surface area contributed by atoms with Crippen molar-refractivity contribution in [3.8, 4) is 0 Å². The van der Waals surface area contributed by atoms with Gasteiger partial charge >= 0.3 is 19.5 Å². The molecule has 1 aromatic rings. The van der Waals surface area contributed by atoms with Gasteiger partial charge in [-0.1, -0.05) is 24.6 Å². The van der Waals surface area contributed by atoms with E-state index in [9.17, 15) is 0 Å². The Morgan fingerprint density at radius 3 is 2.92 bits per heavy atom. The van der Waals surface area contributed by atoms with E-state index in [4.69, 9.17) is 0 Å². The Balaban J connectivity index is 0.000000845. The van der Waals surface area contributed by atoms with Crippen LogP contribution in [0.1, 0.15) is 18.1 Å². The molecule has 2 rings (SSSR count). The first-order chi connectivity index (χ1) is 5.77. The second kappa shape index (κ2) is 3.97. The van der Waals surface area contributed by atoms with E-state index in [1.165, 1.54) is 5.56 Å². The molecule has 1 atom stereocenters. The van der Waals surface area contributed by atoms with Crippen LogP contribution in [0.25, 0.3) is 11.4 Å². The molecule has 1 unspecified atom stereocenters. The predicted octanol–water partition coefficient (Wildman–Crippen LogP) is 3.29. The van der Waals surface area contributed by atoms with Crippen LogP contribution in [0.4, 0.5) is 5.69 Å². The summed E-state index contributed by atoms with van der Waals surface area (Å²) in [6.07, 6.45) is 4.21. The van der Waals surface area contributed by atoms with Crippen molar-refractivity contribution in [2.75, 3.05) is 0 Å². The minimum absolute atomic E-state index is 0. The molecule has 0 saturated heterocycles. The number of rotatable bonds is 0. The fourth-order valence-corrected chi connectivity index (χ4v) is 1.39. The van der Waals surface area contributed by atoms with Crippen LogP contribution in [0, 0.1) is 6.92 Å². The summed E-state index contributed by atoms with van der Waals surface area (Å²) in [4.78, 5) is 0. The minimum Gasteiger partial charge on any atom is -0.736 e. The fourth-order valence-electron chi connectivity index (χ4n) is 1.39. The molecule has 0 radical (unpaired) electrons. The molecular weight excluding hydrogens is 247 g/mol. The third kappa shape index (κ3) is 1.95. The Hall–Kier alpha value is -0.747. The van der Waals surface area contributed by atoms with Gasteiger partial charge in [-0.05, 0) is 0 Å². The number of para-hydroxylation sites is 1. The van der Waals surface area contributed by atoms with Crippen LogP contribution in [0.15, 0.2) is 24.3 Å². The molecule has 0 bridgehead atoms. The van der Waals surface area contributed by atoms with Crippen molar-refractivity contribution in [2.24, 2.45) is 0 Å². The van der Waals surface area contributed by atoms with Crippen molar-refractivity contribution in [3.63, 3.8) is 0 Å². The maximum Gasteiger partial charge on any atom is 2.00 e. The van der Waals surface area contributed by atoms with Gasteiger partial charge in [0.15, 0.2) is 0 Å². The third-order valence-electron chi connectivity index (χ3n) is 2.04. The Morgan fingerprint density at radius 2 is 2.15 bits per heavy atom. The van der Waals surface area contributed by atoms with Gasteiger partial charge in [-0.25, -0.2) is 18.2 Å². The molecule has 0 amide bonds. The molecule has 1 aliphatic rings. The molecule has 0 saturated carbocycles. The molecule has 1 nitrogen and oxygen atoms in total. The zero-order valence-corrected chi connectivity index (χ0v) is 9.21. The summed E-state index contributed by atoms with van der Waals surface area (Å²) >= 11 is 0. The predicted molar refractivity (Wildman–Crippen MR) is 52.4 cm³/mol. The molecule has 0 aliphatic carbocycles. The maximum atomic E-state index is 4.50. The number of nitrogens with zero attached hydrogens (tertiary/aromatic N) is 1. The Morgan fingerprint density at radius 1 is 1.38 bits per heavy atom. The SMILES string of the molecule is [CH2-]c1cccc2c1[N-]C(C)C=C2.[Ru+2]. The quantitative estimate of drug-likeness (QED) is 0.501. The van der Waals surface area contributed by atoms with Crippen molar-refractivity contribution in [1.29, 1.82) is 0 Å². The Bertz CT molecular complexity index is 331. The normalized spacial score (nSPS) is 18.4. The van der Waals surface area contributed by atoms with Crippen LogP contribution in [0.2, 0.25) is 0 Å². The minimum atomic E-state index is 0. The molecule has 2 heteroatoms. The maximum absolute atomic E-state index is 4.50. The van der Waals surface area contributed by atoms with Crippen LogP contribution >= 0.6 is 0 Å². The van der Waals surface area contributed by atoms with Gasteiger partial charge in [0, 0.05) is 0 Å². The molecule has 1 aliphatic heterocycles. The summed E-state index contributed by atoms with van der Waals surface area (Å²) in [5, 5.41) is 4.50. The van der Waals surface area contributed by atoms with Gasteiger partial charge in [-0.15, -0.1) is 18.2 Å². The first-order valence-electron chi connectivity index (χ1n) is 4.11. The number of fused-ring (bicyclic) bond motifs is 1. The average Bonchev–Trinajstić information content (AvgIpc) is 2.07. The number of hydrogen-bond acceptors (Lipinski definition) is 0. The third-order valence-corrected chi connectivity index (χ3v) is 2.04. The summed E-state index contributed by atoms with van der Waals surface area (Å²) in [5.74, 6) is 0. The van der Waals surface area contributed by atoms with Crippen LogP contribution in [0.5, 0.6) is 0 Å². The second-order valence-electron chi connectivity index (χ2n) is 3.08. The summed E-state index contributed by atoms with van der Waals surface area (Å²) in [6, 6.07) is 6.36. The van der Waals surface area contributed by atoms with Gasteiger partial charge in [0.2, 0.25) is 0 Å². The van der Waals surface area contributed by atoms with E-state index in [0.29, 0.717) is 6.04 Å². The number of hydrogen-bond donors (Lipinski definition) is 0. The Labute approximate surface area is 92.0 Å². The molecule has 68 valence electrons. The van der Waals surface area contributed by atoms with E-state index in [2.05, 4.69) is 37.4 Å². The zero-order chi connectivity index (χ0) is 8.55. The van der Waals surface area contributed by atoms with Gasteiger partial charge < -0.3 is 5.32 Å². The van der Waals surface area contributed by atoms with Crippen molar-refractivity contribution in [3.05, 3.63) is 47.6 Å². The van der Waals surface area contributed by atoms with Gasteiger partial charge in [-0.3, -0.25) is 0 Å². The summed E-state index contributed by atoms with van der Waals surface area (Å²) in [7, 11) is 0. The van der Waals surface area contributed by atoms with E-state index in [-0.39, 0.29) is 19.5 Å². The van der Waals surface area contributed by atoms with E-state index >= 15 is 0 Å².